The summed E-state index contributed by atoms with van der Waals surface area (Å²) in [5, 5.41) is 18.6. The van der Waals surface area contributed by atoms with Crippen molar-refractivity contribution in [3.05, 3.63) is 45.9 Å². The van der Waals surface area contributed by atoms with Crippen LogP contribution >= 0.6 is 11.6 Å². The number of nitrogens with zero attached hydrogens (tertiary/aromatic N) is 6. The van der Waals surface area contributed by atoms with Crippen molar-refractivity contribution in [3.63, 3.8) is 0 Å². The smallest absolute Gasteiger partial charge is 0.262 e. The zero-order valence-corrected chi connectivity index (χ0v) is 10.0. The van der Waals surface area contributed by atoms with Crippen LogP contribution in [0, 0.1) is 10.1 Å². The van der Waals surface area contributed by atoms with Gasteiger partial charge in [0.25, 0.3) is 5.69 Å². The second-order valence-corrected chi connectivity index (χ2v) is 4.03. The zero-order chi connectivity index (χ0) is 13.4. The Labute approximate surface area is 110 Å². The maximum absolute atomic E-state index is 10.6. The molecule has 0 amide bonds. The van der Waals surface area contributed by atoms with Gasteiger partial charge in [0.15, 0.2) is 5.82 Å². The third-order valence-corrected chi connectivity index (χ3v) is 2.74. The molecule has 3 rings (SSSR count). The SMILES string of the molecule is O=[N+]([O-])c1cnc(-n2nnc3cnccc32)c(Cl)c1. The highest BCUT2D eigenvalue weighted by molar-refractivity contribution is 6.32. The highest BCUT2D eigenvalue weighted by Crippen LogP contribution is 2.24. The number of hydrogen-bond acceptors (Lipinski definition) is 6. The molecule has 0 spiro atoms. The van der Waals surface area contributed by atoms with Crippen LogP contribution in [0.15, 0.2) is 30.7 Å². The van der Waals surface area contributed by atoms with E-state index < -0.39 is 4.92 Å². The first-order chi connectivity index (χ1) is 9.16. The van der Waals surface area contributed by atoms with Crippen LogP contribution in [-0.2, 0) is 0 Å². The summed E-state index contributed by atoms with van der Waals surface area (Å²) in [6.45, 7) is 0. The molecule has 8 nitrogen and oxygen atoms in total. The van der Waals surface area contributed by atoms with Crippen molar-refractivity contribution in [3.8, 4) is 5.82 Å². The number of halogens is 1. The molecule has 19 heavy (non-hydrogen) atoms. The van der Waals surface area contributed by atoms with Gasteiger partial charge in [0.2, 0.25) is 0 Å². The third-order valence-electron chi connectivity index (χ3n) is 2.47. The van der Waals surface area contributed by atoms with Gasteiger partial charge in [0.1, 0.15) is 11.7 Å². The molecule has 0 unspecified atom stereocenters. The van der Waals surface area contributed by atoms with E-state index in [9.17, 15) is 10.1 Å². The molecule has 3 aromatic rings. The molecule has 0 radical (unpaired) electrons. The van der Waals surface area contributed by atoms with Gasteiger partial charge in [0, 0.05) is 12.3 Å². The van der Waals surface area contributed by atoms with E-state index >= 15 is 0 Å². The number of nitro groups is 1. The van der Waals surface area contributed by atoms with Gasteiger partial charge >= 0.3 is 0 Å². The number of fused-ring (bicyclic) bond motifs is 1. The lowest BCUT2D eigenvalue weighted by Gasteiger charge is -2.02. The Morgan fingerprint density at radius 2 is 2.21 bits per heavy atom. The van der Waals surface area contributed by atoms with Crippen LogP contribution in [0.5, 0.6) is 0 Å². The second kappa shape index (κ2) is 4.25. The Balaban J connectivity index is 2.19. The molecule has 0 saturated carbocycles. The van der Waals surface area contributed by atoms with Crippen LogP contribution in [0.25, 0.3) is 16.9 Å². The Kier molecular flexibility index (Phi) is 2.57. The topological polar surface area (TPSA) is 99.6 Å². The van der Waals surface area contributed by atoms with Gasteiger partial charge in [-0.25, -0.2) is 4.98 Å². The van der Waals surface area contributed by atoms with Crippen LogP contribution in [0.4, 0.5) is 5.69 Å². The molecule has 0 aromatic carbocycles. The largest absolute Gasteiger partial charge is 0.289 e. The summed E-state index contributed by atoms with van der Waals surface area (Å²) >= 11 is 5.99. The standard InChI is InChI=1S/C10H5ClN6O2/c11-7-3-6(17(18)19)4-13-10(7)16-9-1-2-12-5-8(9)14-15-16/h1-5H. The summed E-state index contributed by atoms with van der Waals surface area (Å²) in [6, 6.07) is 2.92. The minimum atomic E-state index is -0.563. The molecule has 9 heteroatoms. The first-order valence-electron chi connectivity index (χ1n) is 5.12. The highest BCUT2D eigenvalue weighted by atomic mass is 35.5. The molecule has 0 atom stereocenters. The normalized spacial score (nSPS) is 10.8. The average Bonchev–Trinajstić information content (AvgIpc) is 2.82. The molecular weight excluding hydrogens is 272 g/mol. The van der Waals surface area contributed by atoms with Crippen LogP contribution in [0.2, 0.25) is 5.02 Å². The van der Waals surface area contributed by atoms with Gasteiger partial charge in [0.05, 0.1) is 21.7 Å². The van der Waals surface area contributed by atoms with E-state index in [0.29, 0.717) is 11.0 Å². The fourth-order valence-electron chi connectivity index (χ4n) is 1.61. The minimum Gasteiger partial charge on any atom is -0.262 e. The number of pyridine rings is 2. The van der Waals surface area contributed by atoms with Gasteiger partial charge in [-0.15, -0.1) is 5.10 Å². The summed E-state index contributed by atoms with van der Waals surface area (Å²) in [5.74, 6) is 0.279. The zero-order valence-electron chi connectivity index (χ0n) is 9.26. The Morgan fingerprint density at radius 3 is 2.95 bits per heavy atom. The Morgan fingerprint density at radius 1 is 1.37 bits per heavy atom. The van der Waals surface area contributed by atoms with Crippen LogP contribution < -0.4 is 0 Å². The van der Waals surface area contributed by atoms with Crippen molar-refractivity contribution in [1.29, 1.82) is 0 Å². The lowest BCUT2D eigenvalue weighted by Crippen LogP contribution is -2.01. The van der Waals surface area contributed by atoms with Crippen molar-refractivity contribution in [2.24, 2.45) is 0 Å². The van der Waals surface area contributed by atoms with E-state index in [1.54, 1.807) is 18.5 Å². The van der Waals surface area contributed by atoms with Gasteiger partial charge in [-0.05, 0) is 6.07 Å². The number of aromatic nitrogens is 5. The van der Waals surface area contributed by atoms with Gasteiger partial charge in [-0.1, -0.05) is 16.8 Å². The quantitative estimate of drug-likeness (QED) is 0.522. The van der Waals surface area contributed by atoms with Crippen molar-refractivity contribution >= 4 is 28.3 Å². The molecule has 0 aliphatic rings. The van der Waals surface area contributed by atoms with Crippen LogP contribution in [0.1, 0.15) is 0 Å². The molecule has 0 aliphatic heterocycles. The Bertz CT molecular complexity index is 787. The monoisotopic (exact) mass is 276 g/mol. The summed E-state index contributed by atoms with van der Waals surface area (Å²) in [7, 11) is 0. The van der Waals surface area contributed by atoms with Crippen molar-refractivity contribution < 1.29 is 4.92 Å². The number of rotatable bonds is 2. The summed E-state index contributed by atoms with van der Waals surface area (Å²) in [4.78, 5) is 17.9. The minimum absolute atomic E-state index is 0.123. The molecule has 0 bridgehead atoms. The molecule has 3 heterocycles. The van der Waals surface area contributed by atoms with Crippen molar-refractivity contribution in [2.45, 2.75) is 0 Å². The van der Waals surface area contributed by atoms with E-state index in [-0.39, 0.29) is 16.5 Å². The highest BCUT2D eigenvalue weighted by Gasteiger charge is 2.15. The summed E-state index contributed by atoms with van der Waals surface area (Å²) < 4.78 is 1.41. The van der Waals surface area contributed by atoms with E-state index in [4.69, 9.17) is 11.6 Å². The molecule has 0 fully saturated rings. The van der Waals surface area contributed by atoms with E-state index in [1.807, 2.05) is 0 Å². The van der Waals surface area contributed by atoms with Gasteiger partial charge in [-0.2, -0.15) is 4.68 Å². The molecule has 0 N–H and O–H groups in total. The van der Waals surface area contributed by atoms with Crippen LogP contribution in [0.3, 0.4) is 0 Å². The van der Waals surface area contributed by atoms with Gasteiger partial charge < -0.3 is 0 Å². The van der Waals surface area contributed by atoms with Crippen LogP contribution in [-0.4, -0.2) is 29.9 Å². The lowest BCUT2D eigenvalue weighted by atomic mass is 10.4. The molecular formula is C10H5ClN6O2. The predicted octanol–water partition coefficient (Wildman–Crippen LogP) is 1.77. The lowest BCUT2D eigenvalue weighted by molar-refractivity contribution is -0.385. The van der Waals surface area contributed by atoms with E-state index in [2.05, 4.69) is 20.3 Å². The second-order valence-electron chi connectivity index (χ2n) is 3.62. The average molecular weight is 277 g/mol. The van der Waals surface area contributed by atoms with Crippen molar-refractivity contribution in [2.75, 3.05) is 0 Å². The summed E-state index contributed by atoms with van der Waals surface area (Å²) in [6.07, 6.45) is 4.26. The number of hydrogen-bond donors (Lipinski definition) is 0. The van der Waals surface area contributed by atoms with Gasteiger partial charge in [-0.3, -0.25) is 15.1 Å². The first-order valence-corrected chi connectivity index (χ1v) is 5.50. The molecule has 94 valence electrons. The first kappa shape index (κ1) is 11.5. The molecule has 3 aromatic heterocycles. The molecule has 0 aliphatic carbocycles. The molecule has 0 saturated heterocycles. The predicted molar refractivity (Wildman–Crippen MR) is 66.1 cm³/mol. The Hall–Kier alpha value is -2.61. The fraction of sp³-hybridized carbons (Fsp3) is 0. The third kappa shape index (κ3) is 1.87. The van der Waals surface area contributed by atoms with E-state index in [1.165, 1.54) is 10.7 Å². The summed E-state index contributed by atoms with van der Waals surface area (Å²) in [5.41, 5.74) is 1.07. The maximum atomic E-state index is 10.6. The van der Waals surface area contributed by atoms with E-state index in [0.717, 1.165) is 6.20 Å². The fourth-order valence-corrected chi connectivity index (χ4v) is 1.85. The maximum Gasteiger partial charge on any atom is 0.289 e. The van der Waals surface area contributed by atoms with Crippen molar-refractivity contribution in [1.82, 2.24) is 25.0 Å².